The molecular formula is C20H19ClF2N2O2. The molecule has 1 fully saturated rings. The van der Waals surface area contributed by atoms with Gasteiger partial charge in [-0.1, -0.05) is 29.8 Å². The molecule has 1 aliphatic heterocycles. The lowest BCUT2D eigenvalue weighted by Crippen LogP contribution is -2.43. The molecule has 0 spiro atoms. The quantitative estimate of drug-likeness (QED) is 0.860. The van der Waals surface area contributed by atoms with Crippen LogP contribution in [0.25, 0.3) is 0 Å². The van der Waals surface area contributed by atoms with E-state index in [0.29, 0.717) is 43.6 Å². The van der Waals surface area contributed by atoms with Crippen LogP contribution >= 0.6 is 11.6 Å². The summed E-state index contributed by atoms with van der Waals surface area (Å²) in [5.41, 5.74) is 0.685. The van der Waals surface area contributed by atoms with Crippen LogP contribution in [0.3, 0.4) is 0 Å². The van der Waals surface area contributed by atoms with Gasteiger partial charge in [-0.2, -0.15) is 0 Å². The van der Waals surface area contributed by atoms with E-state index in [-0.39, 0.29) is 17.4 Å². The molecule has 0 unspecified atom stereocenters. The van der Waals surface area contributed by atoms with Crippen LogP contribution in [0.5, 0.6) is 0 Å². The van der Waals surface area contributed by atoms with Crippen molar-refractivity contribution in [2.24, 2.45) is 5.92 Å². The van der Waals surface area contributed by atoms with Gasteiger partial charge in [-0.15, -0.1) is 0 Å². The van der Waals surface area contributed by atoms with E-state index >= 15 is 0 Å². The first-order valence-electron chi connectivity index (χ1n) is 8.71. The van der Waals surface area contributed by atoms with Gasteiger partial charge in [-0.25, -0.2) is 8.78 Å². The number of carbonyl (C=O) groups excluding carboxylic acids is 2. The maximum Gasteiger partial charge on any atom is 0.256 e. The van der Waals surface area contributed by atoms with E-state index in [4.69, 9.17) is 11.6 Å². The van der Waals surface area contributed by atoms with Gasteiger partial charge in [-0.05, 0) is 36.6 Å². The highest BCUT2D eigenvalue weighted by molar-refractivity contribution is 6.31. The van der Waals surface area contributed by atoms with Gasteiger partial charge in [0, 0.05) is 36.6 Å². The molecular weight excluding hydrogens is 374 g/mol. The fraction of sp³-hybridized carbons (Fsp3) is 0.300. The van der Waals surface area contributed by atoms with Crippen molar-refractivity contribution in [1.82, 2.24) is 10.2 Å². The van der Waals surface area contributed by atoms with E-state index in [1.54, 1.807) is 6.07 Å². The standard InChI is InChI=1S/C20H19ClF2N2O2/c21-17-4-2-1-3-14(17)12-24-19(26)13-7-9-25(10-8-13)20(27)16-6-5-15(22)11-18(16)23/h1-6,11,13H,7-10,12H2,(H,24,26). The van der Waals surface area contributed by atoms with E-state index in [2.05, 4.69) is 5.32 Å². The third kappa shape index (κ3) is 4.63. The van der Waals surface area contributed by atoms with Gasteiger partial charge in [0.15, 0.2) is 0 Å². The van der Waals surface area contributed by atoms with Crippen LogP contribution in [-0.2, 0) is 11.3 Å². The first-order valence-corrected chi connectivity index (χ1v) is 9.09. The summed E-state index contributed by atoms with van der Waals surface area (Å²) in [7, 11) is 0. The highest BCUT2D eigenvalue weighted by atomic mass is 35.5. The molecule has 1 heterocycles. The third-order valence-electron chi connectivity index (χ3n) is 4.73. The summed E-state index contributed by atoms with van der Waals surface area (Å²) in [5.74, 6) is -2.38. The van der Waals surface area contributed by atoms with E-state index in [0.717, 1.165) is 17.7 Å². The fourth-order valence-corrected chi connectivity index (χ4v) is 3.35. The average Bonchev–Trinajstić information content (AvgIpc) is 2.67. The molecule has 0 bridgehead atoms. The average molecular weight is 393 g/mol. The number of halogens is 3. The molecule has 1 aliphatic rings. The van der Waals surface area contributed by atoms with Crippen molar-refractivity contribution in [1.29, 1.82) is 0 Å². The molecule has 1 N–H and O–H groups in total. The van der Waals surface area contributed by atoms with E-state index in [1.165, 1.54) is 4.90 Å². The van der Waals surface area contributed by atoms with Crippen molar-refractivity contribution in [2.75, 3.05) is 13.1 Å². The summed E-state index contributed by atoms with van der Waals surface area (Å²) in [4.78, 5) is 26.3. The Bertz CT molecular complexity index is 852. The second-order valence-corrected chi connectivity index (χ2v) is 6.91. The number of hydrogen-bond acceptors (Lipinski definition) is 2. The second kappa shape index (κ2) is 8.48. The number of hydrogen-bond donors (Lipinski definition) is 1. The van der Waals surface area contributed by atoms with Gasteiger partial charge in [0.05, 0.1) is 5.56 Å². The number of rotatable bonds is 4. The number of likely N-dealkylation sites (tertiary alicyclic amines) is 1. The molecule has 2 amide bonds. The molecule has 1 saturated heterocycles. The lowest BCUT2D eigenvalue weighted by Gasteiger charge is -2.31. The minimum absolute atomic E-state index is 0.0880. The first kappa shape index (κ1) is 19.3. The number of amides is 2. The Morgan fingerprint density at radius 3 is 2.48 bits per heavy atom. The molecule has 2 aromatic carbocycles. The van der Waals surface area contributed by atoms with Crippen molar-refractivity contribution < 1.29 is 18.4 Å². The van der Waals surface area contributed by atoms with Crippen LogP contribution in [0.2, 0.25) is 5.02 Å². The second-order valence-electron chi connectivity index (χ2n) is 6.50. The lowest BCUT2D eigenvalue weighted by atomic mass is 9.95. The summed E-state index contributed by atoms with van der Waals surface area (Å²) < 4.78 is 26.8. The molecule has 27 heavy (non-hydrogen) atoms. The summed E-state index contributed by atoms with van der Waals surface area (Å²) >= 11 is 6.08. The Morgan fingerprint density at radius 1 is 1.11 bits per heavy atom. The number of benzene rings is 2. The maximum atomic E-state index is 13.8. The largest absolute Gasteiger partial charge is 0.352 e. The molecule has 0 aliphatic carbocycles. The Labute approximate surface area is 161 Å². The minimum Gasteiger partial charge on any atom is -0.352 e. The van der Waals surface area contributed by atoms with Crippen molar-refractivity contribution in [2.45, 2.75) is 19.4 Å². The maximum absolute atomic E-state index is 13.8. The number of carbonyl (C=O) groups is 2. The van der Waals surface area contributed by atoms with Crippen LogP contribution < -0.4 is 5.32 Å². The van der Waals surface area contributed by atoms with Gasteiger partial charge >= 0.3 is 0 Å². The highest BCUT2D eigenvalue weighted by Crippen LogP contribution is 2.21. The molecule has 3 rings (SSSR count). The zero-order valence-corrected chi connectivity index (χ0v) is 15.3. The Balaban J connectivity index is 1.53. The molecule has 2 aromatic rings. The Hall–Kier alpha value is -2.47. The normalized spacial score (nSPS) is 14.9. The SMILES string of the molecule is O=C(NCc1ccccc1Cl)C1CCN(C(=O)c2ccc(F)cc2F)CC1. The molecule has 0 saturated carbocycles. The molecule has 0 aromatic heterocycles. The molecule has 4 nitrogen and oxygen atoms in total. The predicted octanol–water partition coefficient (Wildman–Crippen LogP) is 3.79. The third-order valence-corrected chi connectivity index (χ3v) is 5.09. The van der Waals surface area contributed by atoms with Gasteiger partial charge in [0.1, 0.15) is 11.6 Å². The van der Waals surface area contributed by atoms with Crippen molar-refractivity contribution in [3.63, 3.8) is 0 Å². The smallest absolute Gasteiger partial charge is 0.256 e. The predicted molar refractivity (Wildman–Crippen MR) is 98.3 cm³/mol. The lowest BCUT2D eigenvalue weighted by molar-refractivity contribution is -0.126. The topological polar surface area (TPSA) is 49.4 Å². The summed E-state index contributed by atoms with van der Waals surface area (Å²) in [6.45, 7) is 1.04. The molecule has 0 atom stereocenters. The van der Waals surface area contributed by atoms with Crippen LogP contribution in [-0.4, -0.2) is 29.8 Å². The first-order chi connectivity index (χ1) is 13.0. The van der Waals surface area contributed by atoms with Gasteiger partial charge in [0.25, 0.3) is 5.91 Å². The van der Waals surface area contributed by atoms with Gasteiger partial charge in [-0.3, -0.25) is 9.59 Å². The zero-order valence-electron chi connectivity index (χ0n) is 14.6. The Kier molecular flexibility index (Phi) is 6.06. The van der Waals surface area contributed by atoms with Crippen molar-refractivity contribution >= 4 is 23.4 Å². The van der Waals surface area contributed by atoms with E-state index in [9.17, 15) is 18.4 Å². The van der Waals surface area contributed by atoms with Crippen LogP contribution in [0, 0.1) is 17.6 Å². The molecule has 7 heteroatoms. The minimum atomic E-state index is -0.875. The summed E-state index contributed by atoms with van der Waals surface area (Å²) in [5, 5.41) is 3.47. The zero-order chi connectivity index (χ0) is 19.4. The van der Waals surface area contributed by atoms with E-state index in [1.807, 2.05) is 18.2 Å². The number of nitrogens with one attached hydrogen (secondary N) is 1. The highest BCUT2D eigenvalue weighted by Gasteiger charge is 2.28. The van der Waals surface area contributed by atoms with Crippen molar-refractivity contribution in [3.8, 4) is 0 Å². The fourth-order valence-electron chi connectivity index (χ4n) is 3.15. The summed E-state index contributed by atoms with van der Waals surface area (Å²) in [6.07, 6.45) is 0.978. The molecule has 0 radical (unpaired) electrons. The van der Waals surface area contributed by atoms with Crippen LogP contribution in [0.15, 0.2) is 42.5 Å². The number of piperidine rings is 1. The molecule has 142 valence electrons. The van der Waals surface area contributed by atoms with E-state index < -0.39 is 17.5 Å². The van der Waals surface area contributed by atoms with Crippen LogP contribution in [0.1, 0.15) is 28.8 Å². The van der Waals surface area contributed by atoms with Gasteiger partial charge < -0.3 is 10.2 Å². The monoisotopic (exact) mass is 392 g/mol. The van der Waals surface area contributed by atoms with Crippen molar-refractivity contribution in [3.05, 3.63) is 70.2 Å². The summed E-state index contributed by atoms with van der Waals surface area (Å²) in [6, 6.07) is 10.2. The van der Waals surface area contributed by atoms with Gasteiger partial charge in [0.2, 0.25) is 5.91 Å². The van der Waals surface area contributed by atoms with Crippen LogP contribution in [0.4, 0.5) is 8.78 Å². The number of nitrogens with zero attached hydrogens (tertiary/aromatic N) is 1. The Morgan fingerprint density at radius 2 is 1.81 bits per heavy atom.